The molecule has 0 atom stereocenters. The molecule has 0 unspecified atom stereocenters. The van der Waals surface area contributed by atoms with Crippen molar-refractivity contribution >= 4 is 16.6 Å². The molecule has 1 fully saturated rings. The Bertz CT molecular complexity index is 778. The molecule has 3 aromatic heterocycles. The molecule has 0 radical (unpaired) electrons. The predicted octanol–water partition coefficient (Wildman–Crippen LogP) is 2.44. The number of nitrogens with zero attached hydrogens (tertiary/aromatic N) is 5. The third kappa shape index (κ3) is 2.27. The van der Waals surface area contributed by atoms with Gasteiger partial charge in [-0.3, -0.25) is 0 Å². The summed E-state index contributed by atoms with van der Waals surface area (Å²) in [7, 11) is 4.32. The summed E-state index contributed by atoms with van der Waals surface area (Å²) in [4.78, 5) is 9.85. The van der Waals surface area contributed by atoms with E-state index in [0.717, 1.165) is 28.2 Å². The number of hydrogen-bond acceptors (Lipinski definition) is 4. The summed E-state index contributed by atoms with van der Waals surface area (Å²) < 4.78 is 1.82. The van der Waals surface area contributed by atoms with Gasteiger partial charge >= 0.3 is 0 Å². The van der Waals surface area contributed by atoms with Gasteiger partial charge < -0.3 is 9.88 Å². The van der Waals surface area contributed by atoms with E-state index >= 15 is 0 Å². The molecule has 4 rings (SSSR count). The Hall–Kier alpha value is -1.95. The molecule has 6 heteroatoms. The van der Waals surface area contributed by atoms with E-state index in [1.807, 2.05) is 10.7 Å². The molecule has 0 aliphatic heterocycles. The molecule has 116 valence electrons. The highest BCUT2D eigenvalue weighted by Crippen LogP contribution is 2.37. The zero-order valence-electron chi connectivity index (χ0n) is 13.2. The van der Waals surface area contributed by atoms with Crippen LogP contribution in [0.1, 0.15) is 37.3 Å². The molecule has 1 N–H and O–H groups in total. The van der Waals surface area contributed by atoms with Crippen molar-refractivity contribution < 1.29 is 0 Å². The number of aromatic amines is 1. The molecule has 1 aliphatic carbocycles. The van der Waals surface area contributed by atoms with Crippen molar-refractivity contribution in [3.63, 3.8) is 0 Å². The van der Waals surface area contributed by atoms with Gasteiger partial charge in [0.2, 0.25) is 0 Å². The van der Waals surface area contributed by atoms with Gasteiger partial charge in [-0.05, 0) is 51.8 Å². The van der Waals surface area contributed by atoms with Crippen LogP contribution in [0.25, 0.3) is 16.6 Å². The Kier molecular flexibility index (Phi) is 3.33. The van der Waals surface area contributed by atoms with Crippen LogP contribution in [0.15, 0.2) is 18.6 Å². The third-order valence-electron chi connectivity index (χ3n) is 4.85. The van der Waals surface area contributed by atoms with E-state index in [1.54, 1.807) is 6.33 Å². The minimum Gasteiger partial charge on any atom is -0.346 e. The smallest absolute Gasteiger partial charge is 0.141 e. The van der Waals surface area contributed by atoms with Crippen molar-refractivity contribution in [3.8, 4) is 0 Å². The highest BCUT2D eigenvalue weighted by molar-refractivity contribution is 5.92. The maximum Gasteiger partial charge on any atom is 0.141 e. The number of nitrogens with one attached hydrogen (secondary N) is 1. The third-order valence-corrected chi connectivity index (χ3v) is 4.85. The van der Waals surface area contributed by atoms with E-state index in [4.69, 9.17) is 0 Å². The van der Waals surface area contributed by atoms with Gasteiger partial charge in [0.25, 0.3) is 0 Å². The van der Waals surface area contributed by atoms with Crippen LogP contribution in [0.4, 0.5) is 0 Å². The first-order chi connectivity index (χ1) is 10.7. The number of rotatable bonds is 3. The van der Waals surface area contributed by atoms with Gasteiger partial charge in [0.15, 0.2) is 0 Å². The molecular formula is C16H22N6. The molecule has 1 saturated carbocycles. The van der Waals surface area contributed by atoms with E-state index in [0.29, 0.717) is 5.92 Å². The zero-order chi connectivity index (χ0) is 15.1. The number of fused-ring (bicyclic) bond motifs is 3. The first-order valence-corrected chi connectivity index (χ1v) is 8.04. The monoisotopic (exact) mass is 298 g/mol. The van der Waals surface area contributed by atoms with Crippen LogP contribution in [-0.2, 0) is 0 Å². The lowest BCUT2D eigenvalue weighted by molar-refractivity contribution is 0.249. The van der Waals surface area contributed by atoms with Gasteiger partial charge in [0, 0.05) is 24.0 Å². The molecule has 0 saturated heterocycles. The molecule has 22 heavy (non-hydrogen) atoms. The second-order valence-corrected chi connectivity index (χ2v) is 6.73. The molecule has 1 aliphatic rings. The summed E-state index contributed by atoms with van der Waals surface area (Å²) in [6.07, 6.45) is 8.67. The second kappa shape index (κ2) is 5.35. The van der Waals surface area contributed by atoms with Gasteiger partial charge in [-0.1, -0.05) is 5.21 Å². The molecule has 3 heterocycles. The Morgan fingerprint density at radius 3 is 2.86 bits per heavy atom. The van der Waals surface area contributed by atoms with E-state index < -0.39 is 0 Å². The number of aromatic nitrogens is 5. The molecule has 0 spiro atoms. The summed E-state index contributed by atoms with van der Waals surface area (Å²) in [6, 6.07) is 2.07. The van der Waals surface area contributed by atoms with Crippen LogP contribution >= 0.6 is 0 Å². The Balaban J connectivity index is 1.63. The first-order valence-electron chi connectivity index (χ1n) is 8.04. The van der Waals surface area contributed by atoms with E-state index in [2.05, 4.69) is 45.3 Å². The fourth-order valence-electron chi connectivity index (χ4n) is 3.83. The van der Waals surface area contributed by atoms with Crippen molar-refractivity contribution in [3.05, 3.63) is 24.3 Å². The van der Waals surface area contributed by atoms with E-state index in [-0.39, 0.29) is 0 Å². The van der Waals surface area contributed by atoms with E-state index in [1.165, 1.54) is 32.2 Å². The largest absolute Gasteiger partial charge is 0.346 e. The van der Waals surface area contributed by atoms with Gasteiger partial charge in [-0.25, -0.2) is 9.50 Å². The normalized spacial score (nSPS) is 22.9. The minimum absolute atomic E-state index is 0.524. The molecule has 6 nitrogen and oxygen atoms in total. The molecule has 0 bridgehead atoms. The Morgan fingerprint density at radius 1 is 1.27 bits per heavy atom. The Morgan fingerprint density at radius 2 is 2.09 bits per heavy atom. The fraction of sp³-hybridized carbons (Fsp3) is 0.562. The minimum atomic E-state index is 0.524. The van der Waals surface area contributed by atoms with Crippen molar-refractivity contribution in [1.82, 2.24) is 29.7 Å². The quantitative estimate of drug-likeness (QED) is 0.807. The second-order valence-electron chi connectivity index (χ2n) is 6.73. The van der Waals surface area contributed by atoms with Gasteiger partial charge in [-0.2, -0.15) is 0 Å². The zero-order valence-corrected chi connectivity index (χ0v) is 13.2. The maximum atomic E-state index is 4.48. The van der Waals surface area contributed by atoms with E-state index in [9.17, 15) is 0 Å². The van der Waals surface area contributed by atoms with Gasteiger partial charge in [-0.15, -0.1) is 5.10 Å². The Labute approximate surface area is 129 Å². The lowest BCUT2D eigenvalue weighted by Gasteiger charge is -2.29. The average molecular weight is 298 g/mol. The summed E-state index contributed by atoms with van der Waals surface area (Å²) >= 11 is 0. The number of hydrogen-bond donors (Lipinski definition) is 1. The van der Waals surface area contributed by atoms with Crippen molar-refractivity contribution in [2.24, 2.45) is 5.92 Å². The first kappa shape index (κ1) is 13.7. The number of H-pyrrole nitrogens is 1. The summed E-state index contributed by atoms with van der Waals surface area (Å²) in [5.74, 6) is 1.35. The lowest BCUT2D eigenvalue weighted by Crippen LogP contribution is -2.25. The molecular weight excluding hydrogens is 276 g/mol. The van der Waals surface area contributed by atoms with Crippen molar-refractivity contribution in [2.75, 3.05) is 20.6 Å². The summed E-state index contributed by atoms with van der Waals surface area (Å²) in [5.41, 5.74) is 3.19. The highest BCUT2D eigenvalue weighted by Gasteiger charge is 2.27. The summed E-state index contributed by atoms with van der Waals surface area (Å²) in [6.45, 7) is 1.20. The SMILES string of the molecule is CN(C)CC1CCC(c2nnn3cnc4[nH]ccc4c23)CC1. The molecule has 0 aromatic carbocycles. The van der Waals surface area contributed by atoms with Crippen LogP contribution in [0.3, 0.4) is 0 Å². The lowest BCUT2D eigenvalue weighted by atomic mass is 9.80. The van der Waals surface area contributed by atoms with Crippen LogP contribution < -0.4 is 0 Å². The van der Waals surface area contributed by atoms with Crippen LogP contribution in [0.5, 0.6) is 0 Å². The average Bonchev–Trinajstić information content (AvgIpc) is 3.13. The molecule has 3 aromatic rings. The van der Waals surface area contributed by atoms with Gasteiger partial charge in [0.05, 0.1) is 5.69 Å². The van der Waals surface area contributed by atoms with Crippen molar-refractivity contribution in [1.29, 1.82) is 0 Å². The van der Waals surface area contributed by atoms with Gasteiger partial charge in [0.1, 0.15) is 17.5 Å². The van der Waals surface area contributed by atoms with Crippen LogP contribution in [0.2, 0.25) is 0 Å². The molecule has 0 amide bonds. The maximum absolute atomic E-state index is 4.48. The summed E-state index contributed by atoms with van der Waals surface area (Å²) in [5, 5.41) is 9.88. The highest BCUT2D eigenvalue weighted by atomic mass is 15.4. The van der Waals surface area contributed by atoms with Crippen LogP contribution in [-0.4, -0.2) is 50.3 Å². The predicted molar refractivity (Wildman–Crippen MR) is 85.9 cm³/mol. The van der Waals surface area contributed by atoms with Crippen LogP contribution in [0, 0.1) is 5.92 Å². The fourth-order valence-corrected chi connectivity index (χ4v) is 3.83. The topological polar surface area (TPSA) is 62.1 Å². The standard InChI is InChI=1S/C16H22N6/c1-21(2)9-11-3-5-12(6-4-11)14-15-13-7-8-17-16(13)18-10-22(15)20-19-14/h7-8,10-12,17H,3-6,9H2,1-2H3. The van der Waals surface area contributed by atoms with Crippen molar-refractivity contribution in [2.45, 2.75) is 31.6 Å².